The second-order valence-electron chi connectivity index (χ2n) is 5.78. The van der Waals surface area contributed by atoms with Crippen molar-refractivity contribution in [1.29, 1.82) is 0 Å². The van der Waals surface area contributed by atoms with Gasteiger partial charge in [-0.3, -0.25) is 4.79 Å². The number of fused-ring (bicyclic) bond motifs is 1. The van der Waals surface area contributed by atoms with E-state index in [-0.39, 0.29) is 10.8 Å². The molecule has 3 rings (SSSR count). The van der Waals surface area contributed by atoms with Crippen molar-refractivity contribution in [2.45, 2.75) is 24.7 Å². The van der Waals surface area contributed by atoms with Crippen molar-refractivity contribution >= 4 is 43.2 Å². The maximum atomic E-state index is 12.3. The molecule has 0 saturated carbocycles. The average Bonchev–Trinajstić information content (AvgIpc) is 3.01. The fourth-order valence-electron chi connectivity index (χ4n) is 2.48. The molecule has 0 saturated heterocycles. The van der Waals surface area contributed by atoms with Crippen LogP contribution in [-0.4, -0.2) is 25.9 Å². The number of amides is 1. The van der Waals surface area contributed by atoms with Gasteiger partial charge in [0.1, 0.15) is 0 Å². The Labute approximate surface area is 156 Å². The van der Waals surface area contributed by atoms with Crippen LogP contribution in [0.3, 0.4) is 0 Å². The maximum absolute atomic E-state index is 12.3. The Morgan fingerprint density at radius 3 is 2.54 bits per heavy atom. The van der Waals surface area contributed by atoms with Crippen molar-refractivity contribution in [3.63, 3.8) is 0 Å². The van der Waals surface area contributed by atoms with Gasteiger partial charge in [-0.1, -0.05) is 12.1 Å². The van der Waals surface area contributed by atoms with E-state index in [1.54, 1.807) is 23.5 Å². The second-order valence-corrected chi connectivity index (χ2v) is 8.66. The number of carbonyl (C=O) groups is 1. The zero-order valence-electron chi connectivity index (χ0n) is 14.2. The van der Waals surface area contributed by atoms with Gasteiger partial charge in [-0.15, -0.1) is 11.3 Å². The van der Waals surface area contributed by atoms with Crippen LogP contribution in [0.5, 0.6) is 0 Å². The molecule has 26 heavy (non-hydrogen) atoms. The highest BCUT2D eigenvalue weighted by Crippen LogP contribution is 2.22. The van der Waals surface area contributed by atoms with Crippen molar-refractivity contribution in [2.75, 3.05) is 11.9 Å². The van der Waals surface area contributed by atoms with Gasteiger partial charge < -0.3 is 5.32 Å². The highest BCUT2D eigenvalue weighted by atomic mass is 32.2. The summed E-state index contributed by atoms with van der Waals surface area (Å²) in [5.74, 6) is -0.200. The van der Waals surface area contributed by atoms with Crippen molar-refractivity contribution in [3.05, 3.63) is 53.5 Å². The first-order chi connectivity index (χ1) is 12.4. The molecule has 8 heteroatoms. The summed E-state index contributed by atoms with van der Waals surface area (Å²) in [6.07, 6.45) is 1.40. The minimum absolute atomic E-state index is 0.173. The van der Waals surface area contributed by atoms with Gasteiger partial charge in [0.25, 0.3) is 0 Å². The zero-order valence-corrected chi connectivity index (χ0v) is 15.9. The Balaban J connectivity index is 1.53. The lowest BCUT2D eigenvalue weighted by Crippen LogP contribution is -2.25. The lowest BCUT2D eigenvalue weighted by Gasteiger charge is -2.07. The van der Waals surface area contributed by atoms with E-state index >= 15 is 0 Å². The molecule has 1 aromatic heterocycles. The Morgan fingerprint density at radius 1 is 1.12 bits per heavy atom. The summed E-state index contributed by atoms with van der Waals surface area (Å²) < 4.78 is 28.4. The van der Waals surface area contributed by atoms with Gasteiger partial charge >= 0.3 is 0 Å². The molecule has 0 bridgehead atoms. The van der Waals surface area contributed by atoms with E-state index < -0.39 is 10.0 Å². The molecular formula is C18H19N3O3S2. The number of nitrogens with zero attached hydrogens (tertiary/aromatic N) is 1. The minimum atomic E-state index is -3.56. The number of hydrogen-bond acceptors (Lipinski definition) is 5. The number of sulfonamides is 1. The van der Waals surface area contributed by atoms with Crippen molar-refractivity contribution in [3.8, 4) is 0 Å². The number of rotatable bonds is 7. The van der Waals surface area contributed by atoms with Gasteiger partial charge in [0.2, 0.25) is 15.9 Å². The van der Waals surface area contributed by atoms with Crippen LogP contribution in [0.4, 0.5) is 5.69 Å². The van der Waals surface area contributed by atoms with Crippen LogP contribution in [0.2, 0.25) is 0 Å². The maximum Gasteiger partial charge on any atom is 0.240 e. The molecule has 2 aromatic carbocycles. The lowest BCUT2D eigenvalue weighted by atomic mass is 10.3. The molecule has 0 spiro atoms. The van der Waals surface area contributed by atoms with Crippen molar-refractivity contribution < 1.29 is 13.2 Å². The van der Waals surface area contributed by atoms with Crippen LogP contribution in [0.25, 0.3) is 10.2 Å². The van der Waals surface area contributed by atoms with Crippen LogP contribution in [-0.2, 0) is 21.2 Å². The number of carbonyl (C=O) groups excluding carboxylic acids is 1. The minimum Gasteiger partial charge on any atom is -0.326 e. The van der Waals surface area contributed by atoms with Gasteiger partial charge in [-0.25, -0.2) is 18.1 Å². The summed E-state index contributed by atoms with van der Waals surface area (Å²) in [5.41, 5.74) is 1.54. The summed E-state index contributed by atoms with van der Waals surface area (Å²) >= 11 is 1.64. The number of benzene rings is 2. The normalized spacial score (nSPS) is 11.6. The van der Waals surface area contributed by atoms with Gasteiger partial charge in [-0.2, -0.15) is 0 Å². The van der Waals surface area contributed by atoms with Gasteiger partial charge in [0, 0.05) is 25.6 Å². The molecule has 3 aromatic rings. The smallest absolute Gasteiger partial charge is 0.240 e. The Kier molecular flexibility index (Phi) is 5.65. The predicted octanol–water partition coefficient (Wildman–Crippen LogP) is 3.17. The number of aryl methyl sites for hydroxylation is 1. The van der Waals surface area contributed by atoms with E-state index in [0.29, 0.717) is 18.7 Å². The second kappa shape index (κ2) is 7.94. The molecule has 0 aliphatic heterocycles. The first kappa shape index (κ1) is 18.5. The van der Waals surface area contributed by atoms with E-state index in [2.05, 4.69) is 15.0 Å². The van der Waals surface area contributed by atoms with E-state index in [1.165, 1.54) is 19.1 Å². The third-order valence-electron chi connectivity index (χ3n) is 3.68. The van der Waals surface area contributed by atoms with Gasteiger partial charge in [0.05, 0.1) is 20.1 Å². The van der Waals surface area contributed by atoms with Crippen LogP contribution >= 0.6 is 11.3 Å². The number of nitrogens with one attached hydrogen (secondary N) is 2. The van der Waals surface area contributed by atoms with Gasteiger partial charge in [-0.05, 0) is 42.8 Å². The topological polar surface area (TPSA) is 88.2 Å². The first-order valence-electron chi connectivity index (χ1n) is 8.16. The highest BCUT2D eigenvalue weighted by molar-refractivity contribution is 7.89. The fraction of sp³-hybridized carbons (Fsp3) is 0.222. The monoisotopic (exact) mass is 389 g/mol. The van der Waals surface area contributed by atoms with Crippen molar-refractivity contribution in [1.82, 2.24) is 9.71 Å². The summed E-state index contributed by atoms with van der Waals surface area (Å²) in [6, 6.07) is 14.0. The number of para-hydroxylation sites is 1. The summed E-state index contributed by atoms with van der Waals surface area (Å²) in [5, 5.41) is 3.61. The Hall–Kier alpha value is -2.29. The van der Waals surface area contributed by atoms with Crippen LogP contribution in [0.1, 0.15) is 18.4 Å². The van der Waals surface area contributed by atoms with Gasteiger partial charge in [0.15, 0.2) is 0 Å². The molecule has 0 aliphatic carbocycles. The van der Waals surface area contributed by atoms with Crippen LogP contribution < -0.4 is 10.0 Å². The predicted molar refractivity (Wildman–Crippen MR) is 104 cm³/mol. The SMILES string of the molecule is CC(=O)Nc1ccc(S(=O)(=O)NCCCc2nc3ccccc3s2)cc1. The molecule has 0 radical (unpaired) electrons. The molecule has 1 heterocycles. The van der Waals surface area contributed by atoms with E-state index in [9.17, 15) is 13.2 Å². The molecule has 6 nitrogen and oxygen atoms in total. The Bertz CT molecular complexity index is 979. The van der Waals surface area contributed by atoms with Crippen molar-refractivity contribution in [2.24, 2.45) is 0 Å². The molecule has 0 fully saturated rings. The third kappa shape index (κ3) is 4.66. The average molecular weight is 390 g/mol. The largest absolute Gasteiger partial charge is 0.326 e. The fourth-order valence-corrected chi connectivity index (χ4v) is 4.56. The number of hydrogen-bond donors (Lipinski definition) is 2. The van der Waals surface area contributed by atoms with Crippen LogP contribution in [0.15, 0.2) is 53.4 Å². The molecule has 0 atom stereocenters. The summed E-state index contributed by atoms with van der Waals surface area (Å²) in [4.78, 5) is 15.7. The first-order valence-corrected chi connectivity index (χ1v) is 10.5. The summed E-state index contributed by atoms with van der Waals surface area (Å²) in [7, 11) is -3.56. The molecule has 136 valence electrons. The molecule has 2 N–H and O–H groups in total. The molecule has 0 aliphatic rings. The van der Waals surface area contributed by atoms with E-state index in [1.807, 2.05) is 24.3 Å². The quantitative estimate of drug-likeness (QED) is 0.608. The van der Waals surface area contributed by atoms with Crippen LogP contribution in [0, 0.1) is 0 Å². The Morgan fingerprint density at radius 2 is 1.85 bits per heavy atom. The standard InChI is InChI=1S/C18H19N3O3S2/c1-13(22)20-14-8-10-15(11-9-14)26(23,24)19-12-4-7-18-21-16-5-2-3-6-17(16)25-18/h2-3,5-6,8-11,19H,4,7,12H2,1H3,(H,20,22). The zero-order chi connectivity index (χ0) is 18.6. The highest BCUT2D eigenvalue weighted by Gasteiger charge is 2.13. The van der Waals surface area contributed by atoms with E-state index in [0.717, 1.165) is 21.6 Å². The summed E-state index contributed by atoms with van der Waals surface area (Å²) in [6.45, 7) is 1.74. The number of anilines is 1. The number of thiazole rings is 1. The molecule has 1 amide bonds. The number of aromatic nitrogens is 1. The van der Waals surface area contributed by atoms with E-state index in [4.69, 9.17) is 0 Å². The molecular weight excluding hydrogens is 370 g/mol. The lowest BCUT2D eigenvalue weighted by molar-refractivity contribution is -0.114. The molecule has 0 unspecified atom stereocenters. The third-order valence-corrected chi connectivity index (χ3v) is 6.26.